The molecule has 0 saturated carbocycles. The lowest BCUT2D eigenvalue weighted by atomic mass is 9.89. The van der Waals surface area contributed by atoms with Crippen molar-refractivity contribution in [3.63, 3.8) is 0 Å². The molecule has 0 spiro atoms. The first-order valence-electron chi connectivity index (χ1n) is 9.72. The third-order valence-corrected chi connectivity index (χ3v) is 6.03. The molecule has 2 saturated heterocycles. The van der Waals surface area contributed by atoms with Crippen LogP contribution in [0.1, 0.15) is 19.8 Å². The zero-order valence-corrected chi connectivity index (χ0v) is 15.5. The Morgan fingerprint density at radius 1 is 1.19 bits per heavy atom. The van der Waals surface area contributed by atoms with Crippen molar-refractivity contribution in [1.29, 1.82) is 0 Å². The lowest BCUT2D eigenvalue weighted by Gasteiger charge is -2.41. The van der Waals surface area contributed by atoms with Gasteiger partial charge in [0.05, 0.1) is 24.9 Å². The quantitative estimate of drug-likeness (QED) is 0.841. The van der Waals surface area contributed by atoms with Crippen molar-refractivity contribution in [1.82, 2.24) is 19.6 Å². The van der Waals surface area contributed by atoms with Gasteiger partial charge < -0.3 is 9.64 Å². The van der Waals surface area contributed by atoms with Crippen LogP contribution in [0.5, 0.6) is 0 Å². The number of fused-ring (bicyclic) bond motifs is 1. The molecule has 1 atom stereocenters. The molecule has 4 rings (SSSR count). The maximum atomic E-state index is 12.7. The monoisotopic (exact) mass is 356 g/mol. The van der Waals surface area contributed by atoms with Crippen LogP contribution in [0, 0.1) is 5.92 Å². The molecule has 1 aromatic heterocycles. The number of benzene rings is 1. The summed E-state index contributed by atoms with van der Waals surface area (Å²) in [5.74, 6) is 0.846. The van der Waals surface area contributed by atoms with Crippen molar-refractivity contribution in [3.05, 3.63) is 30.5 Å². The van der Waals surface area contributed by atoms with Crippen molar-refractivity contribution < 1.29 is 9.53 Å². The van der Waals surface area contributed by atoms with Gasteiger partial charge in [0.2, 0.25) is 5.91 Å². The van der Waals surface area contributed by atoms with E-state index in [1.165, 1.54) is 0 Å². The molecule has 6 nitrogen and oxygen atoms in total. The van der Waals surface area contributed by atoms with Crippen LogP contribution in [0.3, 0.4) is 0 Å². The second kappa shape index (κ2) is 7.76. The first-order chi connectivity index (χ1) is 12.7. The molecular weight excluding hydrogens is 328 g/mol. The van der Waals surface area contributed by atoms with Crippen LogP contribution >= 0.6 is 0 Å². The number of aromatic nitrogens is 2. The number of para-hydroxylation sites is 1. The first-order valence-corrected chi connectivity index (χ1v) is 9.72. The van der Waals surface area contributed by atoms with Gasteiger partial charge in [-0.05, 0) is 31.7 Å². The summed E-state index contributed by atoms with van der Waals surface area (Å²) < 4.78 is 7.28. The van der Waals surface area contributed by atoms with E-state index in [9.17, 15) is 4.79 Å². The fourth-order valence-electron chi connectivity index (χ4n) is 4.29. The van der Waals surface area contributed by atoms with Crippen LogP contribution < -0.4 is 0 Å². The average molecular weight is 356 g/mol. The standard InChI is InChI=1S/C20H28N4O2/c1-16(22-10-12-26-13-11-22)17-6-8-23(9-7-17)20(25)15-24-19-5-3-2-4-18(19)14-21-24/h2-5,14,16-17H,6-13,15H2,1H3/t16-/m0/s1. The molecule has 2 aliphatic heterocycles. The molecule has 0 bridgehead atoms. The van der Waals surface area contributed by atoms with Crippen molar-refractivity contribution >= 4 is 16.8 Å². The molecule has 3 heterocycles. The molecule has 0 N–H and O–H groups in total. The number of hydrogen-bond acceptors (Lipinski definition) is 4. The number of likely N-dealkylation sites (tertiary alicyclic amines) is 1. The molecule has 0 radical (unpaired) electrons. The van der Waals surface area contributed by atoms with Crippen LogP contribution in [0.4, 0.5) is 0 Å². The number of amides is 1. The number of rotatable bonds is 4. The van der Waals surface area contributed by atoms with E-state index >= 15 is 0 Å². The zero-order chi connectivity index (χ0) is 17.9. The van der Waals surface area contributed by atoms with Crippen LogP contribution in [0.15, 0.2) is 30.5 Å². The number of ether oxygens (including phenoxy) is 1. The average Bonchev–Trinajstić information content (AvgIpc) is 3.11. The predicted octanol–water partition coefficient (Wildman–Crippen LogP) is 2.00. The highest BCUT2D eigenvalue weighted by Crippen LogP contribution is 2.25. The Kier molecular flexibility index (Phi) is 5.22. The maximum absolute atomic E-state index is 12.7. The van der Waals surface area contributed by atoms with Gasteiger partial charge in [0.25, 0.3) is 0 Å². The summed E-state index contributed by atoms with van der Waals surface area (Å²) in [7, 11) is 0. The van der Waals surface area contributed by atoms with Gasteiger partial charge in [0, 0.05) is 37.6 Å². The Morgan fingerprint density at radius 2 is 1.92 bits per heavy atom. The van der Waals surface area contributed by atoms with E-state index < -0.39 is 0 Å². The van der Waals surface area contributed by atoms with Gasteiger partial charge in [-0.15, -0.1) is 0 Å². The highest BCUT2D eigenvalue weighted by atomic mass is 16.5. The molecular formula is C20H28N4O2. The van der Waals surface area contributed by atoms with Crippen molar-refractivity contribution in [2.45, 2.75) is 32.4 Å². The first kappa shape index (κ1) is 17.5. The topological polar surface area (TPSA) is 50.6 Å². The molecule has 2 fully saturated rings. The molecule has 0 aliphatic carbocycles. The molecule has 1 aromatic carbocycles. The summed E-state index contributed by atoms with van der Waals surface area (Å²) in [6.45, 7) is 8.15. The summed E-state index contributed by atoms with van der Waals surface area (Å²) in [4.78, 5) is 17.3. The minimum atomic E-state index is 0.177. The number of morpholine rings is 1. The van der Waals surface area contributed by atoms with Gasteiger partial charge >= 0.3 is 0 Å². The smallest absolute Gasteiger partial charge is 0.244 e. The summed E-state index contributed by atoms with van der Waals surface area (Å²) in [6, 6.07) is 8.61. The fourth-order valence-corrected chi connectivity index (χ4v) is 4.29. The Bertz CT molecular complexity index is 745. The Hall–Kier alpha value is -1.92. The van der Waals surface area contributed by atoms with Gasteiger partial charge in [0.15, 0.2) is 0 Å². The van der Waals surface area contributed by atoms with Crippen LogP contribution in [0.25, 0.3) is 10.9 Å². The van der Waals surface area contributed by atoms with E-state index in [2.05, 4.69) is 16.9 Å². The summed E-state index contributed by atoms with van der Waals surface area (Å²) in [6.07, 6.45) is 4.01. The number of carbonyl (C=O) groups is 1. The third-order valence-electron chi connectivity index (χ3n) is 6.03. The molecule has 140 valence electrons. The number of piperidine rings is 1. The predicted molar refractivity (Wildman–Crippen MR) is 101 cm³/mol. The highest BCUT2D eigenvalue weighted by molar-refractivity contribution is 5.82. The van der Waals surface area contributed by atoms with Crippen LogP contribution in [-0.2, 0) is 16.1 Å². The van der Waals surface area contributed by atoms with E-state index in [0.717, 1.165) is 63.1 Å². The molecule has 6 heteroatoms. The highest BCUT2D eigenvalue weighted by Gasteiger charge is 2.30. The van der Waals surface area contributed by atoms with Gasteiger partial charge in [-0.1, -0.05) is 18.2 Å². The molecule has 2 aliphatic rings. The molecule has 0 unspecified atom stereocenters. The van der Waals surface area contributed by atoms with Gasteiger partial charge in [0.1, 0.15) is 6.54 Å². The Labute approximate surface area is 154 Å². The largest absolute Gasteiger partial charge is 0.379 e. The van der Waals surface area contributed by atoms with E-state index in [1.807, 2.05) is 40.0 Å². The number of nitrogens with zero attached hydrogens (tertiary/aromatic N) is 4. The van der Waals surface area contributed by atoms with Crippen molar-refractivity contribution in [2.24, 2.45) is 5.92 Å². The van der Waals surface area contributed by atoms with E-state index in [0.29, 0.717) is 18.5 Å². The van der Waals surface area contributed by atoms with E-state index in [4.69, 9.17) is 4.74 Å². The minimum absolute atomic E-state index is 0.177. The van der Waals surface area contributed by atoms with Crippen molar-refractivity contribution in [2.75, 3.05) is 39.4 Å². The lowest BCUT2D eigenvalue weighted by molar-refractivity contribution is -0.133. The Balaban J connectivity index is 1.32. The number of carbonyl (C=O) groups excluding carboxylic acids is 1. The molecule has 26 heavy (non-hydrogen) atoms. The van der Waals surface area contributed by atoms with Gasteiger partial charge in [-0.3, -0.25) is 14.4 Å². The van der Waals surface area contributed by atoms with Crippen LogP contribution in [0.2, 0.25) is 0 Å². The van der Waals surface area contributed by atoms with E-state index in [1.54, 1.807) is 0 Å². The zero-order valence-electron chi connectivity index (χ0n) is 15.5. The van der Waals surface area contributed by atoms with Gasteiger partial charge in [-0.25, -0.2) is 0 Å². The number of hydrogen-bond donors (Lipinski definition) is 0. The SMILES string of the molecule is C[C@@H](C1CCN(C(=O)Cn2ncc3ccccc32)CC1)N1CCOCC1. The van der Waals surface area contributed by atoms with Crippen molar-refractivity contribution in [3.8, 4) is 0 Å². The fraction of sp³-hybridized carbons (Fsp3) is 0.600. The molecule has 2 aromatic rings. The van der Waals surface area contributed by atoms with E-state index in [-0.39, 0.29) is 5.91 Å². The summed E-state index contributed by atoms with van der Waals surface area (Å²) >= 11 is 0. The second-order valence-corrected chi connectivity index (χ2v) is 7.47. The minimum Gasteiger partial charge on any atom is -0.379 e. The lowest BCUT2D eigenvalue weighted by Crippen LogP contribution is -2.49. The van der Waals surface area contributed by atoms with Gasteiger partial charge in [-0.2, -0.15) is 5.10 Å². The second-order valence-electron chi connectivity index (χ2n) is 7.47. The van der Waals surface area contributed by atoms with Crippen LogP contribution in [-0.4, -0.2) is 70.9 Å². The Morgan fingerprint density at radius 3 is 2.69 bits per heavy atom. The molecule has 1 amide bonds. The maximum Gasteiger partial charge on any atom is 0.244 e. The third kappa shape index (κ3) is 3.62. The normalized spacial score (nSPS) is 21.2. The summed E-state index contributed by atoms with van der Waals surface area (Å²) in [5.41, 5.74) is 1.02. The summed E-state index contributed by atoms with van der Waals surface area (Å²) in [5, 5.41) is 5.47.